The minimum absolute atomic E-state index is 0.144. The number of alkyl halides is 15. The van der Waals surface area contributed by atoms with Crippen molar-refractivity contribution in [2.45, 2.75) is 52.5 Å². The second-order valence-electron chi connectivity index (χ2n) is 7.14. The highest BCUT2D eigenvalue weighted by atomic mass is 19.3. The summed E-state index contributed by atoms with van der Waals surface area (Å²) in [5.41, 5.74) is -29.8. The highest BCUT2D eigenvalue weighted by molar-refractivity contribution is 5.81. The van der Waals surface area contributed by atoms with Crippen LogP contribution in [0.25, 0.3) is 0 Å². The average molecular weight is 490 g/mol. The molecule has 0 aromatic heterocycles. The van der Waals surface area contributed by atoms with Crippen molar-refractivity contribution in [3.63, 3.8) is 0 Å². The lowest BCUT2D eigenvalue weighted by Crippen LogP contribution is -3.08. The van der Waals surface area contributed by atoms with Crippen molar-refractivity contribution in [3.8, 4) is 0 Å². The Balaban J connectivity index is 2.62. The fourth-order valence-electron chi connectivity index (χ4n) is 4.47. The third kappa shape index (κ3) is 1.48. The number of carbonyl (C=O) groups excluding carboxylic acids is 1. The number of rotatable bonds is 3. The van der Waals surface area contributed by atoms with Gasteiger partial charge in [-0.3, -0.25) is 0 Å². The minimum Gasteiger partial charge on any atom is -0.461 e. The zero-order chi connectivity index (χ0) is 24.7. The quantitative estimate of drug-likeness (QED) is 0.327. The normalized spacial score (nSPS) is 46.4. The summed E-state index contributed by atoms with van der Waals surface area (Å²) in [4.78, 5) is 11.0. The third-order valence-corrected chi connectivity index (χ3v) is 6.10. The Bertz CT molecular complexity index is 764. The first-order valence-corrected chi connectivity index (χ1v) is 7.58. The standard InChI is InChI=1S/C14H5F15O2/c1-2-4(30)31-3-5-9(18,19)6(15)12(24,25)7(16,10(5,20)21)14(28,29)8(17,11(5,22)23)13(6,26)27/h2H,1,3H2. The Morgan fingerprint density at radius 3 is 1.06 bits per heavy atom. The van der Waals surface area contributed by atoms with Gasteiger partial charge in [0.1, 0.15) is 6.61 Å². The van der Waals surface area contributed by atoms with Crippen LogP contribution in [0.5, 0.6) is 0 Å². The van der Waals surface area contributed by atoms with Gasteiger partial charge in [0.15, 0.2) is 0 Å². The molecule has 4 rings (SSSR count). The van der Waals surface area contributed by atoms with E-state index in [0.717, 1.165) is 0 Å². The van der Waals surface area contributed by atoms with Gasteiger partial charge in [0.2, 0.25) is 5.41 Å². The second-order valence-corrected chi connectivity index (χ2v) is 7.14. The van der Waals surface area contributed by atoms with E-state index < -0.39 is 70.5 Å². The summed E-state index contributed by atoms with van der Waals surface area (Å²) in [5.74, 6) is -48.5. The topological polar surface area (TPSA) is 26.3 Å². The molecule has 178 valence electrons. The van der Waals surface area contributed by atoms with Crippen LogP contribution in [0.2, 0.25) is 0 Å². The van der Waals surface area contributed by atoms with Gasteiger partial charge in [-0.15, -0.1) is 0 Å². The fourth-order valence-corrected chi connectivity index (χ4v) is 4.47. The molecule has 0 atom stereocenters. The lowest BCUT2D eigenvalue weighted by Gasteiger charge is -2.75. The largest absolute Gasteiger partial charge is 0.461 e. The molecule has 4 fully saturated rings. The molecule has 2 nitrogen and oxygen atoms in total. The monoisotopic (exact) mass is 490 g/mol. The predicted octanol–water partition coefficient (Wildman–Crippen LogP) is 4.68. The van der Waals surface area contributed by atoms with Gasteiger partial charge >= 0.3 is 58.5 Å². The molecule has 0 unspecified atom stereocenters. The highest BCUT2D eigenvalue weighted by Gasteiger charge is 3.22. The summed E-state index contributed by atoms with van der Waals surface area (Å²) in [7, 11) is 0. The van der Waals surface area contributed by atoms with Crippen LogP contribution < -0.4 is 0 Å². The molecule has 0 spiro atoms. The summed E-state index contributed by atoms with van der Waals surface area (Å²) in [6.45, 7) is -1.01. The number of carbonyl (C=O) groups is 1. The van der Waals surface area contributed by atoms with Gasteiger partial charge in [-0.1, -0.05) is 6.58 Å². The van der Waals surface area contributed by atoms with E-state index in [4.69, 9.17) is 0 Å². The molecule has 31 heavy (non-hydrogen) atoms. The predicted molar refractivity (Wildman–Crippen MR) is 64.8 cm³/mol. The fraction of sp³-hybridized carbons (Fsp3) is 0.786. The molecule has 4 saturated carbocycles. The van der Waals surface area contributed by atoms with E-state index in [0.29, 0.717) is 0 Å². The summed E-state index contributed by atoms with van der Waals surface area (Å²) in [5, 5.41) is 0. The van der Waals surface area contributed by atoms with E-state index in [1.165, 1.54) is 0 Å². The zero-order valence-corrected chi connectivity index (χ0v) is 14.0. The second kappa shape index (κ2) is 5.05. The van der Waals surface area contributed by atoms with Gasteiger partial charge in [0.05, 0.1) is 0 Å². The Labute approximate surface area is 160 Å². The smallest absolute Gasteiger partial charge is 0.339 e. The van der Waals surface area contributed by atoms with Crippen LogP contribution in [0.4, 0.5) is 65.9 Å². The number of hydrogen-bond acceptors (Lipinski definition) is 2. The molecule has 17 heteroatoms. The molecular formula is C14H5F15O2. The summed E-state index contributed by atoms with van der Waals surface area (Å²) < 4.78 is 220. The van der Waals surface area contributed by atoms with Crippen molar-refractivity contribution in [3.05, 3.63) is 12.7 Å². The SMILES string of the molecule is C=CC(=O)OCC12C(F)(F)C3(F)C(F)(F)C(F)(C(F)(F)C(F)(C3(F)F)C1(F)F)C2(F)F. The number of hydrogen-bond donors (Lipinski definition) is 0. The van der Waals surface area contributed by atoms with Crippen LogP contribution in [0, 0.1) is 5.41 Å². The van der Waals surface area contributed by atoms with Crippen LogP contribution in [0.15, 0.2) is 12.7 Å². The van der Waals surface area contributed by atoms with E-state index in [1.54, 1.807) is 0 Å². The number of halogens is 15. The van der Waals surface area contributed by atoms with Crippen molar-refractivity contribution < 1.29 is 75.4 Å². The average Bonchev–Trinajstić information content (AvgIpc) is 2.61. The van der Waals surface area contributed by atoms with Crippen molar-refractivity contribution in [2.75, 3.05) is 6.61 Å². The molecular weight excluding hydrogens is 485 g/mol. The van der Waals surface area contributed by atoms with Gasteiger partial charge in [-0.25, -0.2) is 44.3 Å². The van der Waals surface area contributed by atoms with Crippen LogP contribution in [-0.4, -0.2) is 65.1 Å². The third-order valence-electron chi connectivity index (χ3n) is 6.10. The maximum atomic E-state index is 14.7. The van der Waals surface area contributed by atoms with Crippen LogP contribution in [-0.2, 0) is 9.53 Å². The van der Waals surface area contributed by atoms with Gasteiger partial charge in [-0.2, -0.15) is 26.3 Å². The maximum Gasteiger partial charge on any atom is 0.339 e. The summed E-state index contributed by atoms with van der Waals surface area (Å²) in [6, 6.07) is 0. The van der Waals surface area contributed by atoms with Gasteiger partial charge in [0, 0.05) is 6.08 Å². The first-order valence-electron chi connectivity index (χ1n) is 7.58. The van der Waals surface area contributed by atoms with E-state index in [-0.39, 0.29) is 6.08 Å². The van der Waals surface area contributed by atoms with Crippen LogP contribution >= 0.6 is 0 Å². The molecule has 4 aliphatic rings. The Hall–Kier alpha value is -1.84. The van der Waals surface area contributed by atoms with E-state index in [1.807, 2.05) is 0 Å². The summed E-state index contributed by atoms with van der Waals surface area (Å²) >= 11 is 0. The number of ether oxygens (including phenoxy) is 1. The van der Waals surface area contributed by atoms with Gasteiger partial charge < -0.3 is 4.74 Å². The van der Waals surface area contributed by atoms with Crippen molar-refractivity contribution in [1.82, 2.24) is 0 Å². The van der Waals surface area contributed by atoms with Crippen LogP contribution in [0.3, 0.4) is 0 Å². The molecule has 0 radical (unpaired) electrons. The van der Waals surface area contributed by atoms with Crippen molar-refractivity contribution in [2.24, 2.45) is 5.41 Å². The Morgan fingerprint density at radius 2 is 0.839 bits per heavy atom. The Morgan fingerprint density at radius 1 is 0.581 bits per heavy atom. The molecule has 0 aromatic carbocycles. The molecule has 0 amide bonds. The number of esters is 1. The molecule has 0 aromatic rings. The van der Waals surface area contributed by atoms with E-state index in [2.05, 4.69) is 11.3 Å². The van der Waals surface area contributed by atoms with Crippen molar-refractivity contribution in [1.29, 1.82) is 0 Å². The molecule has 4 aliphatic carbocycles. The molecule has 0 aliphatic heterocycles. The molecule has 0 saturated heterocycles. The first kappa shape index (κ1) is 23.8. The highest BCUT2D eigenvalue weighted by Crippen LogP contribution is 2.90. The minimum atomic E-state index is -7.85. The van der Waals surface area contributed by atoms with Gasteiger partial charge in [0.25, 0.3) is 0 Å². The van der Waals surface area contributed by atoms with E-state index >= 15 is 0 Å². The van der Waals surface area contributed by atoms with Crippen LogP contribution in [0.1, 0.15) is 0 Å². The molecule has 4 bridgehead atoms. The van der Waals surface area contributed by atoms with E-state index in [9.17, 15) is 70.7 Å². The zero-order valence-electron chi connectivity index (χ0n) is 14.0. The lowest BCUT2D eigenvalue weighted by atomic mass is 9.36. The molecule has 0 heterocycles. The molecule has 0 N–H and O–H groups in total. The summed E-state index contributed by atoms with van der Waals surface area (Å²) in [6.07, 6.45) is -0.144. The Kier molecular flexibility index (Phi) is 3.88. The maximum absolute atomic E-state index is 14.7. The van der Waals surface area contributed by atoms with Crippen molar-refractivity contribution >= 4 is 5.97 Å². The first-order chi connectivity index (χ1) is 13.5. The van der Waals surface area contributed by atoms with Gasteiger partial charge in [-0.05, 0) is 0 Å². The lowest BCUT2D eigenvalue weighted by molar-refractivity contribution is -0.613.